The minimum atomic E-state index is -0.158. The zero-order chi connectivity index (χ0) is 12.1. The molecule has 1 atom stereocenters. The van der Waals surface area contributed by atoms with E-state index in [2.05, 4.69) is 24.3 Å². The molecule has 1 aromatic carbocycles. The molecule has 0 saturated carbocycles. The van der Waals surface area contributed by atoms with Crippen molar-refractivity contribution in [1.29, 1.82) is 0 Å². The van der Waals surface area contributed by atoms with Crippen LogP contribution in [0.1, 0.15) is 11.1 Å². The van der Waals surface area contributed by atoms with Crippen molar-refractivity contribution in [1.82, 2.24) is 10.2 Å². The predicted octanol–water partition coefficient (Wildman–Crippen LogP) is 1.83. The maximum absolute atomic E-state index is 13.0. The summed E-state index contributed by atoms with van der Waals surface area (Å²) >= 11 is 0. The van der Waals surface area contributed by atoms with Crippen LogP contribution in [0.3, 0.4) is 0 Å². The maximum atomic E-state index is 13.0. The summed E-state index contributed by atoms with van der Waals surface area (Å²) in [6.07, 6.45) is 0.931. The zero-order valence-corrected chi connectivity index (χ0v) is 10.5. The van der Waals surface area contributed by atoms with E-state index in [1.54, 1.807) is 6.07 Å². The molecule has 16 heavy (non-hydrogen) atoms. The molecule has 0 radical (unpaired) electrons. The van der Waals surface area contributed by atoms with Gasteiger partial charge in [0.2, 0.25) is 0 Å². The molecule has 0 spiro atoms. The van der Waals surface area contributed by atoms with E-state index in [-0.39, 0.29) is 5.82 Å². The molecule has 3 heteroatoms. The van der Waals surface area contributed by atoms with Gasteiger partial charge >= 0.3 is 0 Å². The normalized spacial score (nSPS) is 13.1. The Morgan fingerprint density at radius 2 is 2.06 bits per heavy atom. The first-order valence-corrected chi connectivity index (χ1v) is 5.60. The zero-order valence-electron chi connectivity index (χ0n) is 10.5. The fourth-order valence-electron chi connectivity index (χ4n) is 1.85. The number of nitrogens with one attached hydrogen (secondary N) is 1. The average molecular weight is 224 g/mol. The Morgan fingerprint density at radius 1 is 1.38 bits per heavy atom. The molecule has 0 heterocycles. The van der Waals surface area contributed by atoms with Crippen molar-refractivity contribution < 1.29 is 4.39 Å². The number of likely N-dealkylation sites (N-methyl/N-ethyl adjacent to an activating group) is 2. The van der Waals surface area contributed by atoms with E-state index in [9.17, 15) is 4.39 Å². The van der Waals surface area contributed by atoms with Crippen molar-refractivity contribution in [2.24, 2.45) is 0 Å². The number of hydrogen-bond donors (Lipinski definition) is 1. The van der Waals surface area contributed by atoms with Gasteiger partial charge in [0.15, 0.2) is 0 Å². The molecule has 0 fully saturated rings. The minimum absolute atomic E-state index is 0.158. The summed E-state index contributed by atoms with van der Waals surface area (Å²) in [5.74, 6) is -0.158. The highest BCUT2D eigenvalue weighted by atomic mass is 19.1. The summed E-state index contributed by atoms with van der Waals surface area (Å²) in [7, 11) is 6.08. The second kappa shape index (κ2) is 5.97. The summed E-state index contributed by atoms with van der Waals surface area (Å²) in [6.45, 7) is 2.94. The molecule has 2 nitrogen and oxygen atoms in total. The fourth-order valence-corrected chi connectivity index (χ4v) is 1.85. The lowest BCUT2D eigenvalue weighted by Gasteiger charge is -2.21. The maximum Gasteiger partial charge on any atom is 0.123 e. The molecule has 0 aliphatic heterocycles. The smallest absolute Gasteiger partial charge is 0.123 e. The molecular weight excluding hydrogens is 203 g/mol. The van der Waals surface area contributed by atoms with Crippen molar-refractivity contribution in [3.8, 4) is 0 Å². The summed E-state index contributed by atoms with van der Waals surface area (Å²) in [5.41, 5.74) is 2.24. The number of rotatable bonds is 5. The SMILES string of the molecule is CNC(Cc1ccc(F)cc1C)CN(C)C. The third-order valence-corrected chi connectivity index (χ3v) is 2.76. The lowest BCUT2D eigenvalue weighted by atomic mass is 10.0. The van der Waals surface area contributed by atoms with Crippen LogP contribution in [0.15, 0.2) is 18.2 Å². The van der Waals surface area contributed by atoms with Gasteiger partial charge in [0.25, 0.3) is 0 Å². The molecule has 1 unspecified atom stereocenters. The first-order chi connectivity index (χ1) is 7.52. The Balaban J connectivity index is 2.70. The minimum Gasteiger partial charge on any atom is -0.315 e. The Hall–Kier alpha value is -0.930. The monoisotopic (exact) mass is 224 g/mol. The largest absolute Gasteiger partial charge is 0.315 e. The highest BCUT2D eigenvalue weighted by Gasteiger charge is 2.10. The van der Waals surface area contributed by atoms with Crippen molar-refractivity contribution in [2.45, 2.75) is 19.4 Å². The van der Waals surface area contributed by atoms with E-state index in [0.29, 0.717) is 6.04 Å². The van der Waals surface area contributed by atoms with E-state index in [1.165, 1.54) is 11.6 Å². The van der Waals surface area contributed by atoms with Crippen LogP contribution < -0.4 is 5.32 Å². The van der Waals surface area contributed by atoms with Gasteiger partial charge < -0.3 is 10.2 Å². The van der Waals surface area contributed by atoms with Crippen molar-refractivity contribution in [2.75, 3.05) is 27.7 Å². The van der Waals surface area contributed by atoms with Gasteiger partial charge in [0, 0.05) is 12.6 Å². The first-order valence-electron chi connectivity index (χ1n) is 5.60. The highest BCUT2D eigenvalue weighted by molar-refractivity contribution is 5.27. The lowest BCUT2D eigenvalue weighted by molar-refractivity contribution is 0.346. The van der Waals surface area contributed by atoms with Crippen LogP contribution >= 0.6 is 0 Å². The van der Waals surface area contributed by atoms with Crippen LogP contribution in [0.4, 0.5) is 4.39 Å². The van der Waals surface area contributed by atoms with Crippen LogP contribution in [0, 0.1) is 12.7 Å². The van der Waals surface area contributed by atoms with Gasteiger partial charge in [-0.1, -0.05) is 6.07 Å². The summed E-state index contributed by atoms with van der Waals surface area (Å²) in [6, 6.07) is 5.41. The highest BCUT2D eigenvalue weighted by Crippen LogP contribution is 2.12. The number of aryl methyl sites for hydroxylation is 1. The Bertz CT molecular complexity index is 337. The molecule has 1 rings (SSSR count). The van der Waals surface area contributed by atoms with Crippen molar-refractivity contribution in [3.05, 3.63) is 35.1 Å². The number of halogens is 1. The average Bonchev–Trinajstić information content (AvgIpc) is 2.20. The summed E-state index contributed by atoms with van der Waals surface area (Å²) in [4.78, 5) is 2.15. The van der Waals surface area contributed by atoms with Gasteiger partial charge in [0.1, 0.15) is 5.82 Å². The quantitative estimate of drug-likeness (QED) is 0.821. The van der Waals surface area contributed by atoms with Crippen LogP contribution in [0.25, 0.3) is 0 Å². The van der Waals surface area contributed by atoms with Gasteiger partial charge in [-0.25, -0.2) is 4.39 Å². The van der Waals surface area contributed by atoms with Gasteiger partial charge in [-0.05, 0) is 57.7 Å². The molecule has 0 aromatic heterocycles. The molecule has 90 valence electrons. The topological polar surface area (TPSA) is 15.3 Å². The molecule has 1 aromatic rings. The van der Waals surface area contributed by atoms with Crippen molar-refractivity contribution in [3.63, 3.8) is 0 Å². The summed E-state index contributed by atoms with van der Waals surface area (Å²) in [5, 5.41) is 3.29. The van der Waals surface area contributed by atoms with Gasteiger partial charge in [-0.2, -0.15) is 0 Å². The predicted molar refractivity (Wildman–Crippen MR) is 66.2 cm³/mol. The molecule has 0 aliphatic rings. The Labute approximate surface area is 97.5 Å². The van der Waals surface area contributed by atoms with E-state index in [1.807, 2.05) is 20.0 Å². The Kier molecular flexibility index (Phi) is 4.90. The van der Waals surface area contributed by atoms with Gasteiger partial charge in [0.05, 0.1) is 0 Å². The number of benzene rings is 1. The third-order valence-electron chi connectivity index (χ3n) is 2.76. The van der Waals surface area contributed by atoms with Crippen LogP contribution in [0.2, 0.25) is 0 Å². The summed E-state index contributed by atoms with van der Waals surface area (Å²) < 4.78 is 13.0. The second-order valence-electron chi connectivity index (χ2n) is 4.52. The van der Waals surface area contributed by atoms with Crippen molar-refractivity contribution >= 4 is 0 Å². The van der Waals surface area contributed by atoms with Crippen LogP contribution in [-0.4, -0.2) is 38.6 Å². The Morgan fingerprint density at radius 3 is 2.56 bits per heavy atom. The van der Waals surface area contributed by atoms with E-state index in [4.69, 9.17) is 0 Å². The van der Waals surface area contributed by atoms with E-state index in [0.717, 1.165) is 18.5 Å². The molecule has 0 bridgehead atoms. The molecule has 0 saturated heterocycles. The van der Waals surface area contributed by atoms with Crippen LogP contribution in [-0.2, 0) is 6.42 Å². The standard InChI is InChI=1S/C13H21FN2/c1-10-7-12(14)6-5-11(10)8-13(15-2)9-16(3)4/h5-7,13,15H,8-9H2,1-4H3. The van der Waals surface area contributed by atoms with Crippen LogP contribution in [0.5, 0.6) is 0 Å². The first kappa shape index (κ1) is 13.1. The molecule has 0 aliphatic carbocycles. The number of hydrogen-bond acceptors (Lipinski definition) is 2. The van der Waals surface area contributed by atoms with Gasteiger partial charge in [-0.3, -0.25) is 0 Å². The second-order valence-corrected chi connectivity index (χ2v) is 4.52. The van der Waals surface area contributed by atoms with E-state index < -0.39 is 0 Å². The number of nitrogens with zero attached hydrogens (tertiary/aromatic N) is 1. The molecule has 0 amide bonds. The lowest BCUT2D eigenvalue weighted by Crippen LogP contribution is -2.37. The van der Waals surface area contributed by atoms with E-state index >= 15 is 0 Å². The third kappa shape index (κ3) is 3.91. The fraction of sp³-hybridized carbons (Fsp3) is 0.538. The van der Waals surface area contributed by atoms with Gasteiger partial charge in [-0.15, -0.1) is 0 Å². The molecular formula is C13H21FN2. The molecule has 1 N–H and O–H groups in total.